The van der Waals surface area contributed by atoms with Crippen molar-refractivity contribution in [1.29, 1.82) is 0 Å². The second-order valence-corrected chi connectivity index (χ2v) is 13.6. The summed E-state index contributed by atoms with van der Waals surface area (Å²) in [5, 5.41) is 2.32. The minimum Gasteiger partial charge on any atom is -0.455 e. The van der Waals surface area contributed by atoms with E-state index in [2.05, 4.69) is 193 Å². The monoisotopic (exact) mass is 649 g/mol. The number of hydrogen-bond acceptors (Lipinski definition) is 2. The highest BCUT2D eigenvalue weighted by atomic mass is 16.3. The molecule has 0 fully saturated rings. The number of fused-ring (bicyclic) bond motifs is 14. The first-order chi connectivity index (χ1) is 25.3. The molecule has 0 aliphatic heterocycles. The van der Waals surface area contributed by atoms with Gasteiger partial charge >= 0.3 is 0 Å². The van der Waals surface area contributed by atoms with Crippen molar-refractivity contribution in [3.8, 4) is 33.4 Å². The molecule has 2 nitrogen and oxygen atoms in total. The second-order valence-electron chi connectivity index (χ2n) is 13.6. The van der Waals surface area contributed by atoms with E-state index in [4.69, 9.17) is 4.42 Å². The molecule has 0 amide bonds. The Labute approximate surface area is 296 Å². The maximum atomic E-state index is 6.73. The number of anilines is 3. The Morgan fingerprint density at radius 1 is 0.373 bits per heavy atom. The Kier molecular flexibility index (Phi) is 5.91. The lowest BCUT2D eigenvalue weighted by Crippen LogP contribution is -2.25. The number of furan rings is 1. The van der Waals surface area contributed by atoms with Crippen molar-refractivity contribution >= 4 is 39.0 Å². The van der Waals surface area contributed by atoms with Crippen LogP contribution in [0.1, 0.15) is 22.3 Å². The van der Waals surface area contributed by atoms with Crippen molar-refractivity contribution < 1.29 is 4.42 Å². The molecule has 1 spiro atoms. The van der Waals surface area contributed by atoms with Gasteiger partial charge < -0.3 is 9.32 Å². The fraction of sp³-hybridized carbons (Fsp3) is 0.0204. The fourth-order valence-electron chi connectivity index (χ4n) is 9.01. The van der Waals surface area contributed by atoms with E-state index in [1.165, 1.54) is 55.6 Å². The molecule has 2 aliphatic carbocycles. The quantitative estimate of drug-likeness (QED) is 0.189. The highest BCUT2D eigenvalue weighted by molar-refractivity contribution is 6.13. The third-order valence-corrected chi connectivity index (χ3v) is 11.1. The third kappa shape index (κ3) is 3.87. The van der Waals surface area contributed by atoms with Crippen LogP contribution in [-0.2, 0) is 5.41 Å². The zero-order valence-corrected chi connectivity index (χ0v) is 27.8. The van der Waals surface area contributed by atoms with Crippen LogP contribution in [0.2, 0.25) is 0 Å². The normalized spacial score (nSPS) is 15.1. The molecule has 51 heavy (non-hydrogen) atoms. The number of para-hydroxylation sites is 3. The first kappa shape index (κ1) is 28.2. The minimum atomic E-state index is -0.473. The Bertz CT molecular complexity index is 2770. The van der Waals surface area contributed by atoms with Gasteiger partial charge in [0, 0.05) is 33.4 Å². The average Bonchev–Trinajstić information content (AvgIpc) is 3.83. The molecule has 11 rings (SSSR count). The van der Waals surface area contributed by atoms with Gasteiger partial charge in [0.1, 0.15) is 11.2 Å². The molecular weight excluding hydrogens is 619 g/mol. The van der Waals surface area contributed by atoms with Gasteiger partial charge in [-0.15, -0.1) is 0 Å². The summed E-state index contributed by atoms with van der Waals surface area (Å²) in [5.41, 5.74) is 17.4. The van der Waals surface area contributed by atoms with Crippen LogP contribution in [0.4, 0.5) is 17.1 Å². The lowest BCUT2D eigenvalue weighted by atomic mass is 9.70. The molecular formula is C49H31NO. The van der Waals surface area contributed by atoms with E-state index in [1.807, 2.05) is 0 Å². The highest BCUT2D eigenvalue weighted by Crippen LogP contribution is 2.64. The van der Waals surface area contributed by atoms with E-state index in [9.17, 15) is 0 Å². The van der Waals surface area contributed by atoms with Crippen molar-refractivity contribution in [3.63, 3.8) is 0 Å². The number of nitrogens with zero attached hydrogens (tertiary/aromatic N) is 1. The predicted molar refractivity (Wildman–Crippen MR) is 210 cm³/mol. The topological polar surface area (TPSA) is 16.4 Å². The van der Waals surface area contributed by atoms with Gasteiger partial charge in [-0.1, -0.05) is 140 Å². The molecule has 1 heterocycles. The van der Waals surface area contributed by atoms with Gasteiger partial charge in [-0.05, 0) is 98.6 Å². The zero-order valence-electron chi connectivity index (χ0n) is 27.8. The molecule has 0 saturated carbocycles. The summed E-state index contributed by atoms with van der Waals surface area (Å²) in [6, 6.07) is 68.3. The summed E-state index contributed by atoms with van der Waals surface area (Å²) in [6.07, 6.45) is 0. The lowest BCUT2D eigenvalue weighted by Gasteiger charge is -2.30. The fourth-order valence-corrected chi connectivity index (χ4v) is 9.01. The van der Waals surface area contributed by atoms with Crippen molar-refractivity contribution in [2.45, 2.75) is 5.41 Å². The van der Waals surface area contributed by atoms with Gasteiger partial charge in [0.25, 0.3) is 0 Å². The molecule has 8 aromatic carbocycles. The van der Waals surface area contributed by atoms with Crippen LogP contribution in [0.5, 0.6) is 0 Å². The smallest absolute Gasteiger partial charge is 0.143 e. The summed E-state index contributed by atoms with van der Waals surface area (Å²) in [7, 11) is 0. The van der Waals surface area contributed by atoms with Crippen molar-refractivity contribution in [2.75, 3.05) is 4.90 Å². The van der Waals surface area contributed by atoms with Crippen LogP contribution in [0, 0.1) is 0 Å². The Morgan fingerprint density at radius 3 is 1.76 bits per heavy atom. The molecule has 1 atom stereocenters. The highest BCUT2D eigenvalue weighted by Gasteiger charge is 2.52. The molecule has 0 saturated heterocycles. The van der Waals surface area contributed by atoms with Gasteiger partial charge in [0.2, 0.25) is 0 Å². The van der Waals surface area contributed by atoms with Gasteiger partial charge in [-0.3, -0.25) is 0 Å². The Hall–Kier alpha value is -6.64. The number of benzene rings is 8. The summed E-state index contributed by atoms with van der Waals surface area (Å²) in [4.78, 5) is 2.33. The largest absolute Gasteiger partial charge is 0.455 e. The maximum absolute atomic E-state index is 6.73. The average molecular weight is 650 g/mol. The Balaban J connectivity index is 1.15. The first-order valence-corrected chi connectivity index (χ1v) is 17.6. The van der Waals surface area contributed by atoms with E-state index in [1.54, 1.807) is 0 Å². The SMILES string of the molecule is c1ccc(N(c2ccccc2)c2cccc(-c3ccc4c(c3)C3(c5ccccc5-4)c4ccccc4-c4c3ccc3c4oc4ccccc43)c2)cc1. The summed E-state index contributed by atoms with van der Waals surface area (Å²) >= 11 is 0. The second kappa shape index (κ2) is 10.7. The zero-order chi connectivity index (χ0) is 33.5. The third-order valence-electron chi connectivity index (χ3n) is 11.1. The summed E-state index contributed by atoms with van der Waals surface area (Å²) in [6.45, 7) is 0. The Morgan fingerprint density at radius 2 is 0.980 bits per heavy atom. The van der Waals surface area contributed by atoms with Gasteiger partial charge in [0.05, 0.1) is 5.41 Å². The van der Waals surface area contributed by atoms with E-state index in [0.29, 0.717) is 0 Å². The van der Waals surface area contributed by atoms with Crippen LogP contribution < -0.4 is 4.90 Å². The molecule has 0 N–H and O–H groups in total. The van der Waals surface area contributed by atoms with E-state index < -0.39 is 5.41 Å². The lowest BCUT2D eigenvalue weighted by molar-refractivity contribution is 0.669. The summed E-state index contributed by atoms with van der Waals surface area (Å²) < 4.78 is 6.73. The van der Waals surface area contributed by atoms with Crippen molar-refractivity contribution in [3.05, 3.63) is 210 Å². The van der Waals surface area contributed by atoms with E-state index in [-0.39, 0.29) is 0 Å². The molecule has 0 radical (unpaired) electrons. The minimum absolute atomic E-state index is 0.473. The first-order valence-electron chi connectivity index (χ1n) is 17.6. The van der Waals surface area contributed by atoms with Crippen LogP contribution >= 0.6 is 0 Å². The predicted octanol–water partition coefficient (Wildman–Crippen LogP) is 13.1. The summed E-state index contributed by atoms with van der Waals surface area (Å²) in [5.74, 6) is 0. The molecule has 9 aromatic rings. The standard InChI is InChI=1S/C49H31NO/c1-3-15-34(16-4-1)50(35-17-5-2-6-18-35)36-19-13-14-32(30-36)33-26-27-38-37-20-7-10-23-42(37)49(45(38)31-33)43-24-11-8-22-41(43)47-44(49)29-28-40-39-21-9-12-25-46(39)51-48(40)47/h1-31H. The number of hydrogen-bond donors (Lipinski definition) is 0. The van der Waals surface area contributed by atoms with Crippen LogP contribution in [-0.4, -0.2) is 0 Å². The van der Waals surface area contributed by atoms with E-state index in [0.717, 1.165) is 39.0 Å². The van der Waals surface area contributed by atoms with Crippen LogP contribution in [0.3, 0.4) is 0 Å². The maximum Gasteiger partial charge on any atom is 0.143 e. The van der Waals surface area contributed by atoms with Crippen LogP contribution in [0.15, 0.2) is 192 Å². The molecule has 238 valence electrons. The van der Waals surface area contributed by atoms with Gasteiger partial charge in [-0.2, -0.15) is 0 Å². The van der Waals surface area contributed by atoms with Crippen molar-refractivity contribution in [1.82, 2.24) is 0 Å². The molecule has 1 unspecified atom stereocenters. The van der Waals surface area contributed by atoms with Crippen molar-refractivity contribution in [2.24, 2.45) is 0 Å². The van der Waals surface area contributed by atoms with E-state index >= 15 is 0 Å². The molecule has 1 aromatic heterocycles. The van der Waals surface area contributed by atoms with Crippen LogP contribution in [0.25, 0.3) is 55.3 Å². The number of rotatable bonds is 4. The molecule has 2 aliphatic rings. The molecule has 0 bridgehead atoms. The van der Waals surface area contributed by atoms with Gasteiger partial charge in [0.15, 0.2) is 0 Å². The molecule has 2 heteroatoms. The van der Waals surface area contributed by atoms with Gasteiger partial charge in [-0.25, -0.2) is 0 Å².